The number of aryl methyl sites for hydroxylation is 2. The maximum Gasteiger partial charge on any atom is 0.422 e. The van der Waals surface area contributed by atoms with Gasteiger partial charge in [-0.2, -0.15) is 18.3 Å². The van der Waals surface area contributed by atoms with Crippen molar-refractivity contribution in [3.63, 3.8) is 0 Å². The van der Waals surface area contributed by atoms with E-state index < -0.39 is 45.9 Å². The fourth-order valence-electron chi connectivity index (χ4n) is 4.95. The van der Waals surface area contributed by atoms with Crippen LogP contribution in [-0.2, 0) is 28.4 Å². The number of aromatic nitrogens is 3. The molecule has 2 amide bonds. The molecule has 1 spiro atoms. The van der Waals surface area contributed by atoms with Crippen LogP contribution in [0.2, 0.25) is 0 Å². The SMILES string of the molecule is Cc1cc(-n2nc3c(c2C(=O)NCCS(N)(=O)=O)C(=O)N[C@@]2(CCc4cc(OCC(F)(F)F)ccc42)C3)no1. The van der Waals surface area contributed by atoms with E-state index >= 15 is 0 Å². The lowest BCUT2D eigenvalue weighted by molar-refractivity contribution is -0.153. The summed E-state index contributed by atoms with van der Waals surface area (Å²) in [5.41, 5.74) is 0.670. The number of sulfonamides is 1. The zero-order valence-electron chi connectivity index (χ0n) is 20.5. The van der Waals surface area contributed by atoms with Crippen LogP contribution < -0.4 is 20.5 Å². The number of hydrogen-bond acceptors (Lipinski definition) is 8. The first kappa shape index (κ1) is 26.7. The van der Waals surface area contributed by atoms with Gasteiger partial charge in [-0.15, -0.1) is 0 Å². The van der Waals surface area contributed by atoms with Gasteiger partial charge in [0.15, 0.2) is 12.4 Å². The van der Waals surface area contributed by atoms with E-state index in [1.165, 1.54) is 18.2 Å². The van der Waals surface area contributed by atoms with Gasteiger partial charge in [-0.25, -0.2) is 18.2 Å². The Labute approximate surface area is 219 Å². The Hall–Kier alpha value is -3.92. The lowest BCUT2D eigenvalue weighted by Gasteiger charge is -2.35. The third kappa shape index (κ3) is 5.34. The lowest BCUT2D eigenvalue weighted by atomic mass is 9.82. The molecule has 39 heavy (non-hydrogen) atoms. The highest BCUT2D eigenvalue weighted by Gasteiger charge is 2.47. The minimum Gasteiger partial charge on any atom is -0.484 e. The highest BCUT2D eigenvalue weighted by Crippen LogP contribution is 2.44. The molecule has 2 aliphatic rings. The zero-order chi connectivity index (χ0) is 28.2. The van der Waals surface area contributed by atoms with E-state index in [2.05, 4.69) is 20.9 Å². The first-order valence-corrected chi connectivity index (χ1v) is 13.5. The highest BCUT2D eigenvalue weighted by atomic mass is 32.2. The summed E-state index contributed by atoms with van der Waals surface area (Å²) >= 11 is 0. The molecule has 12 nitrogen and oxygen atoms in total. The number of benzene rings is 1. The van der Waals surface area contributed by atoms with E-state index in [9.17, 15) is 31.2 Å². The molecule has 1 atom stereocenters. The number of primary sulfonamides is 1. The van der Waals surface area contributed by atoms with Crippen LogP contribution in [0.15, 0.2) is 28.8 Å². The quantitative estimate of drug-likeness (QED) is 0.382. The molecule has 0 saturated carbocycles. The smallest absolute Gasteiger partial charge is 0.422 e. The van der Waals surface area contributed by atoms with E-state index in [1.54, 1.807) is 13.0 Å². The van der Waals surface area contributed by atoms with Gasteiger partial charge in [-0.3, -0.25) is 9.59 Å². The molecule has 3 aromatic rings. The third-order valence-corrected chi connectivity index (χ3v) is 7.32. The molecule has 1 aromatic carbocycles. The Morgan fingerprint density at radius 3 is 2.77 bits per heavy atom. The zero-order valence-corrected chi connectivity index (χ0v) is 21.3. The van der Waals surface area contributed by atoms with Crippen molar-refractivity contribution >= 4 is 21.8 Å². The van der Waals surface area contributed by atoms with Gasteiger partial charge in [0.05, 0.1) is 22.5 Å². The number of carbonyl (C=O) groups excluding carboxylic acids is 2. The molecule has 16 heteroatoms. The van der Waals surface area contributed by atoms with Gasteiger partial charge < -0.3 is 19.9 Å². The first-order chi connectivity index (χ1) is 18.2. The topological polar surface area (TPSA) is 171 Å². The summed E-state index contributed by atoms with van der Waals surface area (Å²) in [6.07, 6.45) is -3.37. The largest absolute Gasteiger partial charge is 0.484 e. The molecule has 3 heterocycles. The van der Waals surface area contributed by atoms with Crippen LogP contribution in [0, 0.1) is 6.92 Å². The van der Waals surface area contributed by atoms with Gasteiger partial charge in [0.2, 0.25) is 10.0 Å². The van der Waals surface area contributed by atoms with E-state index in [0.717, 1.165) is 10.2 Å². The molecule has 4 N–H and O–H groups in total. The summed E-state index contributed by atoms with van der Waals surface area (Å²) < 4.78 is 71.4. The Morgan fingerprint density at radius 1 is 1.33 bits per heavy atom. The van der Waals surface area contributed by atoms with E-state index in [0.29, 0.717) is 29.9 Å². The summed E-state index contributed by atoms with van der Waals surface area (Å²) in [6, 6.07) is 6.08. The summed E-state index contributed by atoms with van der Waals surface area (Å²) in [6.45, 7) is -0.0826. The van der Waals surface area contributed by atoms with Crippen LogP contribution in [0.5, 0.6) is 5.75 Å². The number of rotatable bonds is 7. The average molecular weight is 569 g/mol. The lowest BCUT2D eigenvalue weighted by Crippen LogP contribution is -2.50. The number of fused-ring (bicyclic) bond motifs is 3. The Kier molecular flexibility index (Phi) is 6.41. The van der Waals surface area contributed by atoms with E-state index in [-0.39, 0.29) is 35.8 Å². The van der Waals surface area contributed by atoms with Crippen LogP contribution in [-0.4, -0.2) is 60.3 Å². The normalized spacial score (nSPS) is 18.5. The van der Waals surface area contributed by atoms with Crippen molar-refractivity contribution in [2.75, 3.05) is 18.9 Å². The summed E-state index contributed by atoms with van der Waals surface area (Å²) in [5.74, 6) is -1.25. The molecule has 0 unspecified atom stereocenters. The number of nitrogens with two attached hydrogens (primary N) is 1. The van der Waals surface area contributed by atoms with Crippen molar-refractivity contribution in [3.05, 3.63) is 58.1 Å². The molecule has 208 valence electrons. The van der Waals surface area contributed by atoms with Gasteiger partial charge in [-0.05, 0) is 43.0 Å². The molecular formula is C23H23F3N6O6S. The maximum absolute atomic E-state index is 13.5. The monoisotopic (exact) mass is 568 g/mol. The van der Waals surface area contributed by atoms with Crippen LogP contribution in [0.4, 0.5) is 13.2 Å². The van der Waals surface area contributed by atoms with Crippen LogP contribution in [0.1, 0.15) is 49.8 Å². The average Bonchev–Trinajstić information content (AvgIpc) is 3.52. The molecule has 1 aliphatic carbocycles. The van der Waals surface area contributed by atoms with E-state index in [4.69, 9.17) is 14.4 Å². The minimum atomic E-state index is -4.47. The minimum absolute atomic E-state index is 0.00651. The first-order valence-electron chi connectivity index (χ1n) is 11.7. The molecule has 1 aliphatic heterocycles. The Bertz CT molecular complexity index is 1580. The summed E-state index contributed by atoms with van der Waals surface area (Å²) in [7, 11) is -3.84. The highest BCUT2D eigenvalue weighted by molar-refractivity contribution is 7.89. The number of carbonyl (C=O) groups is 2. The predicted octanol–water partition coefficient (Wildman–Crippen LogP) is 1.26. The summed E-state index contributed by atoms with van der Waals surface area (Å²) in [5, 5.41) is 18.8. The molecule has 2 aromatic heterocycles. The third-order valence-electron chi connectivity index (χ3n) is 6.54. The van der Waals surface area contributed by atoms with E-state index in [1.807, 2.05) is 0 Å². The van der Waals surface area contributed by atoms with Crippen molar-refractivity contribution in [2.45, 2.75) is 37.9 Å². The molecule has 0 radical (unpaired) electrons. The molecule has 0 bridgehead atoms. The Balaban J connectivity index is 1.49. The number of halogens is 3. The van der Waals surface area contributed by atoms with Crippen LogP contribution in [0.25, 0.3) is 5.82 Å². The number of ether oxygens (including phenoxy) is 1. The second kappa shape index (κ2) is 9.37. The number of nitrogens with one attached hydrogen (secondary N) is 2. The van der Waals surface area contributed by atoms with Gasteiger partial charge in [0.1, 0.15) is 17.2 Å². The number of nitrogens with zero attached hydrogens (tertiary/aromatic N) is 3. The van der Waals surface area contributed by atoms with Crippen molar-refractivity contribution in [2.24, 2.45) is 5.14 Å². The summed E-state index contributed by atoms with van der Waals surface area (Å²) in [4.78, 5) is 26.6. The van der Waals surface area contributed by atoms with Gasteiger partial charge in [-0.1, -0.05) is 11.2 Å². The van der Waals surface area contributed by atoms with Crippen LogP contribution >= 0.6 is 0 Å². The predicted molar refractivity (Wildman–Crippen MR) is 128 cm³/mol. The molecular weight excluding hydrogens is 545 g/mol. The molecule has 0 fully saturated rings. The van der Waals surface area contributed by atoms with Crippen molar-refractivity contribution in [1.82, 2.24) is 25.6 Å². The van der Waals surface area contributed by atoms with Crippen molar-refractivity contribution in [3.8, 4) is 11.6 Å². The number of alkyl halides is 3. The van der Waals surface area contributed by atoms with Crippen molar-refractivity contribution in [1.29, 1.82) is 0 Å². The molecule has 5 rings (SSSR count). The van der Waals surface area contributed by atoms with Crippen molar-refractivity contribution < 1.29 is 40.4 Å². The molecule has 0 saturated heterocycles. The van der Waals surface area contributed by atoms with Gasteiger partial charge in [0, 0.05) is 19.0 Å². The standard InChI is InChI=1S/C23H23F3N6O6S/c1-12-8-17(31-38-12)32-19(21(34)28-6-7-39(27,35)36)18-16(30-32)10-22(29-20(18)33)5-4-13-9-14(2-3-15(13)22)37-11-23(24,25)26/h2-3,8-9H,4-7,10-11H2,1H3,(H,28,34)(H,29,33)(H2,27,35,36)/t22-/m0/s1. The maximum atomic E-state index is 13.5. The fraction of sp³-hybridized carbons (Fsp3) is 0.391. The van der Waals surface area contributed by atoms with Crippen LogP contribution in [0.3, 0.4) is 0 Å². The second-order valence-electron chi connectivity index (χ2n) is 9.44. The fourth-order valence-corrected chi connectivity index (χ4v) is 5.34. The van der Waals surface area contributed by atoms with Gasteiger partial charge >= 0.3 is 6.18 Å². The number of amides is 2. The Morgan fingerprint density at radius 2 is 2.10 bits per heavy atom. The number of hydrogen-bond donors (Lipinski definition) is 3. The second-order valence-corrected chi connectivity index (χ2v) is 11.2. The van der Waals surface area contributed by atoms with Gasteiger partial charge in [0.25, 0.3) is 11.8 Å².